The van der Waals surface area contributed by atoms with Crippen molar-refractivity contribution in [1.82, 2.24) is 10.6 Å². The number of benzene rings is 2. The van der Waals surface area contributed by atoms with Gasteiger partial charge in [-0.05, 0) is 55.8 Å². The second kappa shape index (κ2) is 10.2. The van der Waals surface area contributed by atoms with E-state index in [9.17, 15) is 9.59 Å². The van der Waals surface area contributed by atoms with Gasteiger partial charge in [0.2, 0.25) is 0 Å². The molecule has 0 fully saturated rings. The molecule has 3 amide bonds. The number of carbonyl (C=O) groups is 2. The van der Waals surface area contributed by atoms with Gasteiger partial charge in [-0.15, -0.1) is 0 Å². The zero-order valence-corrected chi connectivity index (χ0v) is 17.0. The number of rotatable bonds is 8. The van der Waals surface area contributed by atoms with Crippen molar-refractivity contribution in [2.75, 3.05) is 5.32 Å². The summed E-state index contributed by atoms with van der Waals surface area (Å²) in [5.41, 5.74) is 1.58. The van der Waals surface area contributed by atoms with E-state index in [2.05, 4.69) is 16.0 Å². The molecule has 0 unspecified atom stereocenters. The first-order valence-electron chi connectivity index (χ1n) is 9.71. The van der Waals surface area contributed by atoms with Gasteiger partial charge < -0.3 is 25.1 Å². The molecule has 7 heteroatoms. The van der Waals surface area contributed by atoms with Crippen LogP contribution in [-0.4, -0.2) is 18.0 Å². The molecule has 2 aromatic carbocycles. The Morgan fingerprint density at radius 2 is 1.70 bits per heavy atom. The van der Waals surface area contributed by atoms with E-state index in [0.717, 1.165) is 11.3 Å². The number of para-hydroxylation sites is 1. The third-order valence-electron chi connectivity index (χ3n) is 4.09. The quantitative estimate of drug-likeness (QED) is 0.519. The van der Waals surface area contributed by atoms with Crippen LogP contribution in [0.5, 0.6) is 5.75 Å². The molecule has 1 heterocycles. The van der Waals surface area contributed by atoms with Crippen molar-refractivity contribution >= 4 is 17.6 Å². The van der Waals surface area contributed by atoms with Gasteiger partial charge >= 0.3 is 6.03 Å². The zero-order valence-electron chi connectivity index (χ0n) is 17.0. The average Bonchev–Trinajstić information content (AvgIpc) is 3.21. The van der Waals surface area contributed by atoms with Gasteiger partial charge in [-0.25, -0.2) is 4.79 Å². The molecule has 1 aromatic heterocycles. The molecular formula is C23H25N3O4. The van der Waals surface area contributed by atoms with Gasteiger partial charge in [0, 0.05) is 18.3 Å². The van der Waals surface area contributed by atoms with Crippen LogP contribution in [0, 0.1) is 0 Å². The number of urea groups is 1. The van der Waals surface area contributed by atoms with Gasteiger partial charge in [-0.1, -0.05) is 30.3 Å². The molecule has 0 atom stereocenters. The topological polar surface area (TPSA) is 92.6 Å². The molecule has 0 aliphatic carbocycles. The highest BCUT2D eigenvalue weighted by molar-refractivity contribution is 5.91. The van der Waals surface area contributed by atoms with E-state index in [-0.39, 0.29) is 30.3 Å². The van der Waals surface area contributed by atoms with E-state index in [1.807, 2.05) is 56.3 Å². The number of amides is 3. The summed E-state index contributed by atoms with van der Waals surface area (Å²) in [6, 6.07) is 19.8. The Morgan fingerprint density at radius 1 is 0.967 bits per heavy atom. The minimum atomic E-state index is -0.306. The molecule has 156 valence electrons. The van der Waals surface area contributed by atoms with E-state index in [1.54, 1.807) is 24.3 Å². The van der Waals surface area contributed by atoms with Crippen molar-refractivity contribution < 1.29 is 18.7 Å². The van der Waals surface area contributed by atoms with Crippen molar-refractivity contribution in [3.05, 3.63) is 83.8 Å². The summed E-state index contributed by atoms with van der Waals surface area (Å²) in [6.07, 6.45) is 0. The molecule has 30 heavy (non-hydrogen) atoms. The average molecular weight is 407 g/mol. The number of ether oxygens (including phenoxy) is 1. The maximum atomic E-state index is 12.3. The van der Waals surface area contributed by atoms with Crippen LogP contribution in [-0.2, 0) is 13.2 Å². The molecule has 0 saturated carbocycles. The zero-order chi connectivity index (χ0) is 21.3. The number of carbonyl (C=O) groups excluding carboxylic acids is 2. The van der Waals surface area contributed by atoms with Crippen LogP contribution < -0.4 is 20.7 Å². The van der Waals surface area contributed by atoms with E-state index < -0.39 is 0 Å². The Balaban J connectivity index is 1.46. The first kappa shape index (κ1) is 21.0. The van der Waals surface area contributed by atoms with Crippen LogP contribution >= 0.6 is 0 Å². The largest absolute Gasteiger partial charge is 0.486 e. The Labute approximate surface area is 175 Å². The standard InChI is InChI=1S/C23H25N3O4/c1-16(2)25-23(28)26-18-10-8-17(9-11-18)14-24-22(27)21-13-12-20(30-21)15-29-19-6-4-3-5-7-19/h3-13,16H,14-15H2,1-2H3,(H,24,27)(H2,25,26,28). The molecule has 0 spiro atoms. The van der Waals surface area contributed by atoms with Gasteiger partial charge in [0.1, 0.15) is 18.1 Å². The van der Waals surface area contributed by atoms with E-state index in [4.69, 9.17) is 9.15 Å². The normalized spacial score (nSPS) is 10.5. The molecule has 3 aromatic rings. The van der Waals surface area contributed by atoms with Crippen LogP contribution in [0.25, 0.3) is 0 Å². The Morgan fingerprint density at radius 3 is 2.40 bits per heavy atom. The first-order valence-corrected chi connectivity index (χ1v) is 9.71. The van der Waals surface area contributed by atoms with Crippen LogP contribution in [0.1, 0.15) is 35.7 Å². The highest BCUT2D eigenvalue weighted by Gasteiger charge is 2.11. The second-order valence-corrected chi connectivity index (χ2v) is 7.00. The lowest BCUT2D eigenvalue weighted by atomic mass is 10.2. The molecule has 0 radical (unpaired) electrons. The number of furan rings is 1. The van der Waals surface area contributed by atoms with Crippen LogP contribution in [0.2, 0.25) is 0 Å². The summed E-state index contributed by atoms with van der Waals surface area (Å²) < 4.78 is 11.2. The summed E-state index contributed by atoms with van der Waals surface area (Å²) >= 11 is 0. The molecule has 7 nitrogen and oxygen atoms in total. The van der Waals surface area contributed by atoms with Gasteiger partial charge in [0.25, 0.3) is 5.91 Å². The van der Waals surface area contributed by atoms with Crippen molar-refractivity contribution in [1.29, 1.82) is 0 Å². The number of anilines is 1. The van der Waals surface area contributed by atoms with E-state index in [1.165, 1.54) is 0 Å². The third-order valence-corrected chi connectivity index (χ3v) is 4.09. The predicted octanol–water partition coefficient (Wildman–Crippen LogP) is 4.32. The Kier molecular flexibility index (Phi) is 7.10. The lowest BCUT2D eigenvalue weighted by molar-refractivity contribution is 0.0919. The molecule has 0 aliphatic heterocycles. The SMILES string of the molecule is CC(C)NC(=O)Nc1ccc(CNC(=O)c2ccc(COc3ccccc3)o2)cc1. The summed E-state index contributed by atoms with van der Waals surface area (Å²) in [7, 11) is 0. The van der Waals surface area contributed by atoms with Crippen molar-refractivity contribution in [2.45, 2.75) is 33.0 Å². The minimum Gasteiger partial charge on any atom is -0.486 e. The number of hydrogen-bond donors (Lipinski definition) is 3. The maximum absolute atomic E-state index is 12.3. The lowest BCUT2D eigenvalue weighted by Crippen LogP contribution is -2.34. The summed E-state index contributed by atoms with van der Waals surface area (Å²) in [4.78, 5) is 24.0. The summed E-state index contributed by atoms with van der Waals surface area (Å²) in [5, 5.41) is 8.33. The third kappa shape index (κ3) is 6.41. The van der Waals surface area contributed by atoms with Crippen molar-refractivity contribution in [3.63, 3.8) is 0 Å². The predicted molar refractivity (Wildman–Crippen MR) is 114 cm³/mol. The lowest BCUT2D eigenvalue weighted by Gasteiger charge is -2.10. The summed E-state index contributed by atoms with van der Waals surface area (Å²) in [6.45, 7) is 4.37. The molecule has 0 bridgehead atoms. The molecular weight excluding hydrogens is 382 g/mol. The first-order chi connectivity index (χ1) is 14.5. The van der Waals surface area contributed by atoms with Crippen LogP contribution in [0.15, 0.2) is 71.1 Å². The smallest absolute Gasteiger partial charge is 0.319 e. The Bertz CT molecular complexity index is 966. The number of nitrogens with one attached hydrogen (secondary N) is 3. The van der Waals surface area contributed by atoms with E-state index in [0.29, 0.717) is 18.0 Å². The fourth-order valence-electron chi connectivity index (χ4n) is 2.65. The summed E-state index contributed by atoms with van der Waals surface area (Å²) in [5.74, 6) is 1.23. The molecule has 0 saturated heterocycles. The number of hydrogen-bond acceptors (Lipinski definition) is 4. The molecule has 3 N–H and O–H groups in total. The minimum absolute atomic E-state index is 0.0616. The fraction of sp³-hybridized carbons (Fsp3) is 0.217. The van der Waals surface area contributed by atoms with Crippen molar-refractivity contribution in [2.24, 2.45) is 0 Å². The van der Waals surface area contributed by atoms with Gasteiger partial charge in [0.05, 0.1) is 0 Å². The molecule has 3 rings (SSSR count). The highest BCUT2D eigenvalue weighted by atomic mass is 16.5. The fourth-order valence-corrected chi connectivity index (χ4v) is 2.65. The van der Waals surface area contributed by atoms with Gasteiger partial charge in [-0.3, -0.25) is 4.79 Å². The van der Waals surface area contributed by atoms with Crippen molar-refractivity contribution in [3.8, 4) is 5.75 Å². The highest BCUT2D eigenvalue weighted by Crippen LogP contribution is 2.14. The Hall–Kier alpha value is -3.74. The second-order valence-electron chi connectivity index (χ2n) is 7.00. The molecule has 0 aliphatic rings. The monoisotopic (exact) mass is 407 g/mol. The van der Waals surface area contributed by atoms with E-state index >= 15 is 0 Å². The maximum Gasteiger partial charge on any atom is 0.319 e. The van der Waals surface area contributed by atoms with Crippen LogP contribution in [0.3, 0.4) is 0 Å². The van der Waals surface area contributed by atoms with Gasteiger partial charge in [-0.2, -0.15) is 0 Å². The van der Waals surface area contributed by atoms with Gasteiger partial charge in [0.15, 0.2) is 5.76 Å². The van der Waals surface area contributed by atoms with Crippen LogP contribution in [0.4, 0.5) is 10.5 Å².